The lowest BCUT2D eigenvalue weighted by Crippen LogP contribution is -2.35. The summed E-state index contributed by atoms with van der Waals surface area (Å²) in [4.78, 5) is 24.6. The molecule has 2 aromatic carbocycles. The first-order valence-electron chi connectivity index (χ1n) is 7.15. The highest BCUT2D eigenvalue weighted by Crippen LogP contribution is 2.23. The number of nitrogens with one attached hydrogen (secondary N) is 1. The molecule has 1 heterocycles. The smallest absolute Gasteiger partial charge is 0.267 e. The summed E-state index contributed by atoms with van der Waals surface area (Å²) < 4.78 is 12.9. The summed E-state index contributed by atoms with van der Waals surface area (Å²) in [5, 5.41) is 1.23. The second kappa shape index (κ2) is 5.68. The van der Waals surface area contributed by atoms with Crippen molar-refractivity contribution in [1.82, 2.24) is 5.43 Å². The molecule has 2 amide bonds. The van der Waals surface area contributed by atoms with Crippen molar-refractivity contribution in [3.05, 3.63) is 70.5 Å². The Morgan fingerprint density at radius 2 is 1.70 bits per heavy atom. The van der Waals surface area contributed by atoms with Crippen LogP contribution in [0.15, 0.2) is 48.0 Å². The Labute approximate surface area is 133 Å². The molecule has 1 fully saturated rings. The van der Waals surface area contributed by atoms with E-state index in [4.69, 9.17) is 0 Å². The van der Waals surface area contributed by atoms with E-state index < -0.39 is 11.8 Å². The van der Waals surface area contributed by atoms with Crippen LogP contribution in [-0.4, -0.2) is 11.8 Å². The number of hydrazine groups is 1. The highest BCUT2D eigenvalue weighted by atomic mass is 19.1. The molecule has 1 aliphatic rings. The number of rotatable bonds is 2. The van der Waals surface area contributed by atoms with Crippen LogP contribution < -0.4 is 10.4 Å². The van der Waals surface area contributed by atoms with Crippen molar-refractivity contribution in [2.75, 3.05) is 5.01 Å². The molecule has 116 valence electrons. The number of hydrogen-bond acceptors (Lipinski definition) is 2. The second-order valence-electron chi connectivity index (χ2n) is 5.46. The summed E-state index contributed by atoms with van der Waals surface area (Å²) in [5.74, 6) is -1.27. The first-order chi connectivity index (χ1) is 11.0. The molecule has 1 N–H and O–H groups in total. The van der Waals surface area contributed by atoms with Crippen molar-refractivity contribution in [2.45, 2.75) is 13.8 Å². The summed E-state index contributed by atoms with van der Waals surface area (Å²) in [6.07, 6.45) is 1.46. The second-order valence-corrected chi connectivity index (χ2v) is 5.46. The molecule has 5 heteroatoms. The monoisotopic (exact) mass is 310 g/mol. The number of anilines is 1. The fourth-order valence-electron chi connectivity index (χ4n) is 2.33. The topological polar surface area (TPSA) is 49.4 Å². The molecule has 0 unspecified atom stereocenters. The minimum Gasteiger partial charge on any atom is -0.267 e. The predicted octanol–water partition coefficient (Wildman–Crippen LogP) is 2.90. The Hall–Kier alpha value is -2.95. The Morgan fingerprint density at radius 3 is 2.35 bits per heavy atom. The first-order valence-corrected chi connectivity index (χ1v) is 7.15. The molecule has 0 aliphatic carbocycles. The number of carbonyl (C=O) groups is 2. The van der Waals surface area contributed by atoms with E-state index in [-0.39, 0.29) is 11.4 Å². The van der Waals surface area contributed by atoms with E-state index in [1.54, 1.807) is 6.07 Å². The number of halogens is 1. The van der Waals surface area contributed by atoms with Gasteiger partial charge in [0.2, 0.25) is 0 Å². The highest BCUT2D eigenvalue weighted by Gasteiger charge is 2.34. The van der Waals surface area contributed by atoms with Gasteiger partial charge in [0.25, 0.3) is 11.8 Å². The van der Waals surface area contributed by atoms with Gasteiger partial charge in [0.05, 0.1) is 5.69 Å². The molecule has 3 rings (SSSR count). The zero-order valence-corrected chi connectivity index (χ0v) is 12.8. The summed E-state index contributed by atoms with van der Waals surface area (Å²) in [5.41, 5.74) is 5.90. The number of nitrogens with zero attached hydrogens (tertiary/aromatic N) is 1. The first kappa shape index (κ1) is 15.0. The minimum atomic E-state index is -0.474. The number of hydrogen-bond donors (Lipinski definition) is 1. The maximum absolute atomic E-state index is 12.9. The third kappa shape index (κ3) is 2.85. The van der Waals surface area contributed by atoms with Crippen molar-refractivity contribution in [3.8, 4) is 0 Å². The fourth-order valence-corrected chi connectivity index (χ4v) is 2.33. The third-order valence-electron chi connectivity index (χ3n) is 3.82. The quantitative estimate of drug-likeness (QED) is 0.685. The van der Waals surface area contributed by atoms with Gasteiger partial charge in [-0.3, -0.25) is 15.0 Å². The van der Waals surface area contributed by atoms with Gasteiger partial charge < -0.3 is 0 Å². The number of aryl methyl sites for hydroxylation is 2. The summed E-state index contributed by atoms with van der Waals surface area (Å²) in [6.45, 7) is 3.92. The van der Waals surface area contributed by atoms with Gasteiger partial charge in [0.15, 0.2) is 0 Å². The lowest BCUT2D eigenvalue weighted by molar-refractivity contribution is -0.117. The van der Waals surface area contributed by atoms with E-state index in [1.807, 2.05) is 26.0 Å². The summed E-state index contributed by atoms with van der Waals surface area (Å²) in [7, 11) is 0. The van der Waals surface area contributed by atoms with E-state index in [0.717, 1.165) is 11.1 Å². The van der Waals surface area contributed by atoms with E-state index in [9.17, 15) is 14.0 Å². The predicted molar refractivity (Wildman–Crippen MR) is 85.9 cm³/mol. The molecule has 23 heavy (non-hydrogen) atoms. The number of amides is 2. The molecular weight excluding hydrogens is 295 g/mol. The molecule has 4 nitrogen and oxygen atoms in total. The SMILES string of the molecule is Cc1ccc(N2NC(=O)C(=Cc3ccc(F)cc3)C2=O)cc1C. The zero-order chi connectivity index (χ0) is 16.6. The van der Waals surface area contributed by atoms with Crippen LogP contribution in [-0.2, 0) is 9.59 Å². The van der Waals surface area contributed by atoms with Crippen molar-refractivity contribution < 1.29 is 14.0 Å². The van der Waals surface area contributed by atoms with Crippen LogP contribution in [0.4, 0.5) is 10.1 Å². The standard InChI is InChI=1S/C18H15FN2O2/c1-11-3-8-15(9-12(11)2)21-18(23)16(17(22)20-21)10-13-4-6-14(19)7-5-13/h3-10H,1-2H3,(H,20,22). The third-order valence-corrected chi connectivity index (χ3v) is 3.82. The van der Waals surface area contributed by atoms with Crippen LogP contribution in [0.25, 0.3) is 6.08 Å². The molecule has 0 radical (unpaired) electrons. The van der Waals surface area contributed by atoms with Crippen molar-refractivity contribution in [2.24, 2.45) is 0 Å². The normalized spacial score (nSPS) is 16.1. The van der Waals surface area contributed by atoms with Crippen LogP contribution >= 0.6 is 0 Å². The van der Waals surface area contributed by atoms with Crippen LogP contribution in [0, 0.1) is 19.7 Å². The van der Waals surface area contributed by atoms with Crippen LogP contribution in [0.2, 0.25) is 0 Å². The van der Waals surface area contributed by atoms with Gasteiger partial charge in [-0.1, -0.05) is 18.2 Å². The maximum Gasteiger partial charge on any atom is 0.282 e. The van der Waals surface area contributed by atoms with Gasteiger partial charge in [0, 0.05) is 0 Å². The minimum absolute atomic E-state index is 0.0230. The molecule has 1 aliphatic heterocycles. The van der Waals surface area contributed by atoms with E-state index in [1.165, 1.54) is 35.4 Å². The average molecular weight is 310 g/mol. The van der Waals surface area contributed by atoms with Gasteiger partial charge in [-0.05, 0) is 60.9 Å². The van der Waals surface area contributed by atoms with Gasteiger partial charge >= 0.3 is 0 Å². The van der Waals surface area contributed by atoms with E-state index in [2.05, 4.69) is 5.43 Å². The highest BCUT2D eigenvalue weighted by molar-refractivity contribution is 6.31. The molecular formula is C18H15FN2O2. The van der Waals surface area contributed by atoms with Gasteiger partial charge in [-0.25, -0.2) is 9.40 Å². The summed E-state index contributed by atoms with van der Waals surface area (Å²) in [6, 6.07) is 11.1. The Kier molecular flexibility index (Phi) is 3.70. The molecule has 2 aromatic rings. The fraction of sp³-hybridized carbons (Fsp3) is 0.111. The Balaban J connectivity index is 1.93. The molecule has 0 bridgehead atoms. The Bertz CT molecular complexity index is 825. The van der Waals surface area contributed by atoms with Gasteiger partial charge in [-0.2, -0.15) is 0 Å². The van der Waals surface area contributed by atoms with Crippen molar-refractivity contribution in [1.29, 1.82) is 0 Å². The van der Waals surface area contributed by atoms with Crippen LogP contribution in [0.1, 0.15) is 16.7 Å². The lowest BCUT2D eigenvalue weighted by Gasteiger charge is -2.15. The van der Waals surface area contributed by atoms with Crippen molar-refractivity contribution in [3.63, 3.8) is 0 Å². The van der Waals surface area contributed by atoms with Crippen molar-refractivity contribution >= 4 is 23.6 Å². The van der Waals surface area contributed by atoms with E-state index in [0.29, 0.717) is 11.3 Å². The van der Waals surface area contributed by atoms with Gasteiger partial charge in [-0.15, -0.1) is 0 Å². The molecule has 0 saturated carbocycles. The molecule has 0 spiro atoms. The molecule has 0 atom stereocenters. The Morgan fingerprint density at radius 1 is 1.00 bits per heavy atom. The lowest BCUT2D eigenvalue weighted by atomic mass is 10.1. The summed E-state index contributed by atoms with van der Waals surface area (Å²) >= 11 is 0. The van der Waals surface area contributed by atoms with Gasteiger partial charge in [0.1, 0.15) is 11.4 Å². The molecule has 0 aromatic heterocycles. The van der Waals surface area contributed by atoms with E-state index >= 15 is 0 Å². The number of carbonyl (C=O) groups excluding carboxylic acids is 2. The number of benzene rings is 2. The van der Waals surface area contributed by atoms with Crippen LogP contribution in [0.3, 0.4) is 0 Å². The van der Waals surface area contributed by atoms with Crippen LogP contribution in [0.5, 0.6) is 0 Å². The largest absolute Gasteiger partial charge is 0.282 e. The molecule has 1 saturated heterocycles. The average Bonchev–Trinajstić information content (AvgIpc) is 2.80. The maximum atomic E-state index is 12.9. The zero-order valence-electron chi connectivity index (χ0n) is 12.8.